The summed E-state index contributed by atoms with van der Waals surface area (Å²) in [6.07, 6.45) is 1.12. The largest absolute Gasteiger partial charge is 0.508 e. The van der Waals surface area contributed by atoms with Gasteiger partial charge in [0, 0.05) is 40.4 Å². The van der Waals surface area contributed by atoms with E-state index in [2.05, 4.69) is 67.5 Å². The fourth-order valence-corrected chi connectivity index (χ4v) is 8.51. The summed E-state index contributed by atoms with van der Waals surface area (Å²) < 4.78 is -1.25. The second-order valence-corrected chi connectivity index (χ2v) is 20.9. The lowest BCUT2D eigenvalue weighted by Crippen LogP contribution is -2.64. The number of aliphatic hydroxyl groups is 1. The van der Waals surface area contributed by atoms with Gasteiger partial charge in [0.2, 0.25) is 47.3 Å². The molecule has 4 aromatic rings. The first-order chi connectivity index (χ1) is 35.4. The minimum atomic E-state index is -1.49. The van der Waals surface area contributed by atoms with Crippen molar-refractivity contribution in [3.63, 3.8) is 0 Å². The third kappa shape index (κ3) is 18.6. The zero-order valence-corrected chi connectivity index (χ0v) is 44.6. The number of hydrogen-bond acceptors (Lipinski definition) is 14. The summed E-state index contributed by atoms with van der Waals surface area (Å²) in [5.74, 6) is -7.31. The van der Waals surface area contributed by atoms with Crippen molar-refractivity contribution in [1.29, 1.82) is 0 Å². The van der Waals surface area contributed by atoms with Crippen LogP contribution in [0.1, 0.15) is 70.6 Å². The highest BCUT2D eigenvalue weighted by atomic mass is 32.1. The summed E-state index contributed by atoms with van der Waals surface area (Å²) in [6.45, 7) is 7.89. The number of H-pyrrole nitrogens is 1. The Kier molecular flexibility index (Phi) is 23.4. The minimum Gasteiger partial charge on any atom is -0.508 e. The number of carbonyl (C=O) groups is 8. The average molecular weight is 1080 g/mol. The van der Waals surface area contributed by atoms with E-state index in [0.717, 1.165) is 16.5 Å². The Morgan fingerprint density at radius 3 is 1.73 bits per heavy atom. The fourth-order valence-electron chi connectivity index (χ4n) is 8.07. The third-order valence-corrected chi connectivity index (χ3v) is 13.0. The van der Waals surface area contributed by atoms with Crippen molar-refractivity contribution in [1.82, 2.24) is 42.2 Å². The number of unbranched alkanes of at least 4 members (excludes halogenated alkanes) is 1. The number of phenols is 1. The number of aromatic hydroxyl groups is 1. The number of hydrogen-bond donors (Lipinski definition) is 15. The molecule has 4 rings (SSSR count). The van der Waals surface area contributed by atoms with Crippen LogP contribution in [0.4, 0.5) is 0 Å². The van der Waals surface area contributed by atoms with Crippen LogP contribution in [0, 0.1) is 5.92 Å². The van der Waals surface area contributed by atoms with Crippen molar-refractivity contribution >= 4 is 83.4 Å². The molecule has 3 aromatic carbocycles. The summed E-state index contributed by atoms with van der Waals surface area (Å²) in [4.78, 5) is 114. The van der Waals surface area contributed by atoms with Gasteiger partial charge < -0.3 is 69.6 Å². The topological polar surface area (TPSA) is 355 Å². The van der Waals surface area contributed by atoms with E-state index >= 15 is 0 Å². The second-order valence-electron chi connectivity index (χ2n) is 19.4. The summed E-state index contributed by atoms with van der Waals surface area (Å²) >= 11 is 8.83. The summed E-state index contributed by atoms with van der Waals surface area (Å²) in [6, 6.07) is 11.7. The molecule has 0 aliphatic rings. The van der Waals surface area contributed by atoms with Crippen LogP contribution in [0.5, 0.6) is 5.75 Å². The number of carbonyl (C=O) groups excluding carboxylic acids is 8. The molecule has 75 heavy (non-hydrogen) atoms. The van der Waals surface area contributed by atoms with Crippen LogP contribution in [0.25, 0.3) is 10.9 Å². The van der Waals surface area contributed by atoms with Gasteiger partial charge in [0.15, 0.2) is 0 Å². The molecule has 1 heterocycles. The Bertz CT molecular complexity index is 2580. The quantitative estimate of drug-likeness (QED) is 0.0251. The van der Waals surface area contributed by atoms with Crippen LogP contribution in [-0.2, 0) is 57.6 Å². The van der Waals surface area contributed by atoms with Crippen molar-refractivity contribution in [2.45, 2.75) is 132 Å². The first-order valence-electron chi connectivity index (χ1n) is 24.7. The number of primary amides is 1. The maximum Gasteiger partial charge on any atom is 0.244 e. The lowest BCUT2D eigenvalue weighted by Gasteiger charge is -2.33. The highest BCUT2D eigenvalue weighted by Gasteiger charge is 2.40. The number of rotatable bonds is 29. The normalized spacial score (nSPS) is 15.1. The Morgan fingerprint density at radius 1 is 0.627 bits per heavy atom. The lowest BCUT2D eigenvalue weighted by atomic mass is 9.97. The van der Waals surface area contributed by atoms with Gasteiger partial charge >= 0.3 is 0 Å². The van der Waals surface area contributed by atoms with E-state index in [0.29, 0.717) is 24.0 Å². The van der Waals surface area contributed by atoms with Gasteiger partial charge in [0.05, 0.1) is 12.1 Å². The van der Waals surface area contributed by atoms with Gasteiger partial charge in [-0.15, -0.1) is 0 Å². The molecule has 0 bridgehead atoms. The van der Waals surface area contributed by atoms with E-state index in [1.165, 1.54) is 32.9 Å². The molecule has 8 amide bonds. The Labute approximate surface area is 447 Å². The molecule has 21 nitrogen and oxygen atoms in total. The van der Waals surface area contributed by atoms with Crippen LogP contribution in [0.15, 0.2) is 85.1 Å². The number of aromatic nitrogens is 1. The molecule has 0 radical (unpaired) electrons. The number of fused-ring (bicyclic) bond motifs is 1. The Balaban J connectivity index is 1.65. The first kappa shape index (κ1) is 60.9. The van der Waals surface area contributed by atoms with Gasteiger partial charge in [-0.2, -0.15) is 25.3 Å². The predicted octanol–water partition coefficient (Wildman–Crippen LogP) is -0.0884. The fraction of sp³-hybridized carbons (Fsp3) is 0.462. The van der Waals surface area contributed by atoms with E-state index in [9.17, 15) is 48.6 Å². The monoisotopic (exact) mass is 1080 g/mol. The minimum absolute atomic E-state index is 0.0445. The van der Waals surface area contributed by atoms with Crippen LogP contribution < -0.4 is 54.4 Å². The maximum atomic E-state index is 14.8. The molecular formula is C52H73N11O10S2. The molecule has 9 atom stereocenters. The van der Waals surface area contributed by atoms with Gasteiger partial charge in [0.1, 0.15) is 48.0 Å². The molecule has 1 aromatic heterocycles. The van der Waals surface area contributed by atoms with Gasteiger partial charge in [-0.05, 0) is 93.8 Å². The van der Waals surface area contributed by atoms with Crippen molar-refractivity contribution in [2.75, 3.05) is 12.3 Å². The second kappa shape index (κ2) is 28.9. The average Bonchev–Trinajstić information content (AvgIpc) is 3.77. The summed E-state index contributed by atoms with van der Waals surface area (Å²) in [5, 5.41) is 39.5. The zero-order valence-electron chi connectivity index (χ0n) is 42.8. The number of amides is 8. The SMILES string of the molecule is CC(C)[C@H](NC(=O)[C@H](CCCCN)NC(=O)[C@@H](Cc1c[nH]c2ccccc12)NC(=O)[C@H](Cc1ccc(O)cc1)NC(=O)[C@H](CS)NC(=O)[C@H](N)Cc1ccccc1)C(=O)N[C@H](C(=O)N[C@H](C(N)=O)[C@@H](C)O)C(C)(C)S. The van der Waals surface area contributed by atoms with Gasteiger partial charge in [-0.25, -0.2) is 0 Å². The maximum absolute atomic E-state index is 14.8. The first-order valence-corrected chi connectivity index (χ1v) is 25.8. The third-order valence-electron chi connectivity index (χ3n) is 12.4. The molecule has 23 heteroatoms. The van der Waals surface area contributed by atoms with Crippen molar-refractivity contribution in [3.8, 4) is 5.75 Å². The molecule has 16 N–H and O–H groups in total. The van der Waals surface area contributed by atoms with Gasteiger partial charge in [-0.1, -0.05) is 74.5 Å². The standard InChI is InChI=1S/C52H73N11O10S2/c1-28(2)41(50(72)63-43(52(4,5)75)51(73)62-42(29(3)64)44(55)66)61-46(68)37(17-11-12-22-53)57-48(70)39(25-32-26-56-36-16-10-9-15-34(32)36)59-47(69)38(24-31-18-20-33(65)21-19-31)58-49(71)40(27-74)60-45(67)35(54)23-30-13-7-6-8-14-30/h6-10,13-16,18-21,26,28-29,35,37-43,56,64-65,74-75H,11-12,17,22-25,27,53-54H2,1-5H3,(H2,55,66)(H,57,70)(H,58,71)(H,59,69)(H,60,67)(H,61,68)(H,62,73)(H,63,72)/t29-,35-,37+,38+,39-,40+,41+,42+,43-/m1/s1. The highest BCUT2D eigenvalue weighted by molar-refractivity contribution is 7.81. The molecule has 0 fully saturated rings. The Morgan fingerprint density at radius 2 is 1.16 bits per heavy atom. The van der Waals surface area contributed by atoms with Crippen LogP contribution in [0.2, 0.25) is 0 Å². The van der Waals surface area contributed by atoms with Crippen LogP contribution >= 0.6 is 25.3 Å². The number of aliphatic hydroxyl groups excluding tert-OH is 1. The number of nitrogens with two attached hydrogens (primary N) is 3. The van der Waals surface area contributed by atoms with E-state index in [-0.39, 0.29) is 43.7 Å². The molecule has 0 aliphatic heterocycles. The number of benzene rings is 3. The molecule has 0 spiro atoms. The number of nitrogens with one attached hydrogen (secondary N) is 8. The molecule has 0 unspecified atom stereocenters. The number of phenolic OH excluding ortho intramolecular Hbond substituents is 1. The molecule has 0 saturated heterocycles. The lowest BCUT2D eigenvalue weighted by molar-refractivity contribution is -0.136. The van der Waals surface area contributed by atoms with E-state index < -0.39 is 112 Å². The van der Waals surface area contributed by atoms with Crippen molar-refractivity contribution in [3.05, 3.63) is 102 Å². The van der Waals surface area contributed by atoms with Crippen LogP contribution in [-0.4, -0.2) is 134 Å². The highest BCUT2D eigenvalue weighted by Crippen LogP contribution is 2.22. The van der Waals surface area contributed by atoms with E-state index in [4.69, 9.17) is 17.2 Å². The van der Waals surface area contributed by atoms with Crippen molar-refractivity contribution < 1.29 is 48.6 Å². The van der Waals surface area contributed by atoms with Crippen LogP contribution in [0.3, 0.4) is 0 Å². The van der Waals surface area contributed by atoms with E-state index in [1.54, 1.807) is 38.2 Å². The van der Waals surface area contributed by atoms with E-state index in [1.807, 2.05) is 48.5 Å². The summed E-state index contributed by atoms with van der Waals surface area (Å²) in [5.41, 5.74) is 20.1. The number of aromatic amines is 1. The summed E-state index contributed by atoms with van der Waals surface area (Å²) in [7, 11) is 0. The van der Waals surface area contributed by atoms with Gasteiger partial charge in [-0.3, -0.25) is 38.4 Å². The zero-order chi connectivity index (χ0) is 55.6. The number of thiol groups is 2. The Hall–Kier alpha value is -6.66. The molecule has 0 saturated carbocycles. The van der Waals surface area contributed by atoms with Crippen molar-refractivity contribution in [2.24, 2.45) is 23.1 Å². The smallest absolute Gasteiger partial charge is 0.244 e. The van der Waals surface area contributed by atoms with Gasteiger partial charge in [0.25, 0.3) is 0 Å². The molecule has 0 aliphatic carbocycles. The molecule has 408 valence electrons. The number of para-hydroxylation sites is 1. The predicted molar refractivity (Wildman–Crippen MR) is 291 cm³/mol. The molecular weight excluding hydrogens is 1000 g/mol.